The number of thiocarbonyl (C=S) groups is 4. The molecule has 8 amide bonds. The number of carbonyl (C=O) groups is 9. The molecule has 0 radical (unpaired) electrons. The number of hydrogen-bond acceptors (Lipinski definition) is 18. The molecule has 86 heavy (non-hydrogen) atoms. The summed E-state index contributed by atoms with van der Waals surface area (Å²) in [6.07, 6.45) is 3.80. The zero-order chi connectivity index (χ0) is 64.9. The normalized spacial score (nSPS) is 22.3. The molecule has 13 N–H and O–H groups in total. The van der Waals surface area contributed by atoms with Gasteiger partial charge in [-0.25, -0.2) is 0 Å². The third-order valence-electron chi connectivity index (χ3n) is 13.8. The van der Waals surface area contributed by atoms with E-state index in [0.29, 0.717) is 35.1 Å². The van der Waals surface area contributed by atoms with Crippen LogP contribution in [0.4, 0.5) is 0 Å². The molecule has 0 aliphatic carbocycles. The molecule has 2 heterocycles. The van der Waals surface area contributed by atoms with Crippen molar-refractivity contribution in [2.45, 2.75) is 167 Å². The molecular weight excluding hydrogens is 1220 g/mol. The van der Waals surface area contributed by atoms with Gasteiger partial charge in [0.05, 0.1) is 56.5 Å². The summed E-state index contributed by atoms with van der Waals surface area (Å²) in [5.74, 6) is -6.31. The second kappa shape index (κ2) is 35.7. The van der Waals surface area contributed by atoms with Crippen LogP contribution in [0.2, 0.25) is 0 Å². The lowest BCUT2D eigenvalue weighted by molar-refractivity contribution is -0.137. The van der Waals surface area contributed by atoms with E-state index in [4.69, 9.17) is 48.9 Å². The Labute approximate surface area is 534 Å². The van der Waals surface area contributed by atoms with Crippen LogP contribution in [0, 0.1) is 11.8 Å². The number of Topliss-reactive ketones (excluding diaryl/α,β-unsaturated/α-hetero) is 1. The van der Waals surface area contributed by atoms with Gasteiger partial charge in [0.1, 0.15) is 48.4 Å². The van der Waals surface area contributed by atoms with Crippen LogP contribution in [-0.4, -0.2) is 198 Å². The van der Waals surface area contributed by atoms with Crippen LogP contribution < -0.4 is 63.8 Å². The van der Waals surface area contributed by atoms with Crippen molar-refractivity contribution in [1.82, 2.24) is 73.6 Å². The van der Waals surface area contributed by atoms with E-state index in [9.17, 15) is 48.3 Å². The predicted molar refractivity (Wildman–Crippen MR) is 352 cm³/mol. The first-order valence-corrected chi connectivity index (χ1v) is 32.0. The summed E-state index contributed by atoms with van der Waals surface area (Å²) in [5, 5.41) is 46.5. The fraction of sp³-hybridized carbons (Fsp3) is 0.589. The molecule has 1 aromatic carbocycles. The molecule has 24 nitrogen and oxygen atoms in total. The quantitative estimate of drug-likeness (QED) is 0.0517. The maximum Gasteiger partial charge on any atom is 0.287 e. The van der Waals surface area contributed by atoms with E-state index >= 15 is 0 Å². The van der Waals surface area contributed by atoms with E-state index in [2.05, 4.69) is 63.8 Å². The highest BCUT2D eigenvalue weighted by atomic mass is 32.2. The van der Waals surface area contributed by atoms with Crippen molar-refractivity contribution in [3.05, 3.63) is 59.4 Å². The van der Waals surface area contributed by atoms with Crippen LogP contribution in [-0.2, 0) is 49.6 Å². The van der Waals surface area contributed by atoms with E-state index in [0.717, 1.165) is 11.8 Å². The maximum absolute atomic E-state index is 14.4. The average Bonchev–Trinajstić information content (AvgIpc) is 3.37. The molecule has 3 rings (SSSR count). The lowest BCUT2D eigenvalue weighted by atomic mass is 10.0. The second-order valence-corrected chi connectivity index (χ2v) is 26.0. The highest BCUT2D eigenvalue weighted by Crippen LogP contribution is 2.21. The number of thioether (sulfide) groups is 2. The molecule has 476 valence electrons. The van der Waals surface area contributed by atoms with E-state index in [1.807, 2.05) is 20.1 Å². The highest BCUT2D eigenvalue weighted by Gasteiger charge is 2.39. The minimum Gasteiger partial charge on any atom is -0.384 e. The SMILES string of the molecule is CSCCC(NC(=S)C(NC(=O)C(C)=O)C(C)C)C(=S)NC(C)C(=O)NC(C)C(=S)NC(C)C(=S)NC(C)C(=O)NC1C(=O)NC(C(C)C)C(=O)NC(C)C(=O)NC(Cc2ccccc2)C(=O)NC(C(O)C2=CN(C)CN2C)C(=O)NC=CSC1C. The van der Waals surface area contributed by atoms with Crippen LogP contribution >= 0.6 is 72.4 Å². The molecule has 0 saturated carbocycles. The number of nitrogens with one attached hydrogen (secondary N) is 12. The fourth-order valence-corrected chi connectivity index (χ4v) is 11.1. The number of nitrogens with zero attached hydrogens (tertiary/aromatic N) is 2. The Hall–Kier alpha value is -6.05. The summed E-state index contributed by atoms with van der Waals surface area (Å²) >= 11 is 25.4. The molecule has 2 aliphatic heterocycles. The van der Waals surface area contributed by atoms with Crippen LogP contribution in [0.3, 0.4) is 0 Å². The van der Waals surface area contributed by atoms with E-state index < -0.39 is 137 Å². The van der Waals surface area contributed by atoms with Gasteiger partial charge in [-0.3, -0.25) is 43.2 Å². The summed E-state index contributed by atoms with van der Waals surface area (Å²) < 4.78 is 0. The van der Waals surface area contributed by atoms with Crippen molar-refractivity contribution in [2.24, 2.45) is 11.8 Å². The van der Waals surface area contributed by atoms with Gasteiger partial charge in [0.15, 0.2) is 0 Å². The number of carbonyl (C=O) groups excluding carboxylic acids is 9. The molecule has 13 atom stereocenters. The van der Waals surface area contributed by atoms with Crippen LogP contribution in [0.5, 0.6) is 0 Å². The molecule has 0 fully saturated rings. The first-order chi connectivity index (χ1) is 40.3. The smallest absolute Gasteiger partial charge is 0.287 e. The van der Waals surface area contributed by atoms with Crippen molar-refractivity contribution in [1.29, 1.82) is 0 Å². The number of benzene rings is 1. The van der Waals surface area contributed by atoms with Gasteiger partial charge < -0.3 is 78.7 Å². The number of rotatable bonds is 23. The molecule has 2 aliphatic rings. The molecular formula is C56H86N14O10S6. The average molecular weight is 1310 g/mol. The lowest BCUT2D eigenvalue weighted by Gasteiger charge is -2.30. The maximum atomic E-state index is 14.4. The molecule has 1 aromatic rings. The van der Waals surface area contributed by atoms with Gasteiger partial charge in [-0.1, -0.05) is 114 Å². The van der Waals surface area contributed by atoms with Crippen molar-refractivity contribution < 1.29 is 48.3 Å². The van der Waals surface area contributed by atoms with Gasteiger partial charge in [0, 0.05) is 45.1 Å². The number of likely N-dealkylation sites (N-methyl/N-ethyl adjacent to an activating group) is 1. The summed E-state index contributed by atoms with van der Waals surface area (Å²) in [5.41, 5.74) is 1.00. The van der Waals surface area contributed by atoms with E-state index in [-0.39, 0.29) is 27.3 Å². The molecule has 0 aromatic heterocycles. The topological polar surface area (TPSA) is 325 Å². The van der Waals surface area contributed by atoms with Crippen LogP contribution in [0.25, 0.3) is 0 Å². The monoisotopic (exact) mass is 1310 g/mol. The van der Waals surface area contributed by atoms with Crippen molar-refractivity contribution in [2.75, 3.05) is 32.8 Å². The number of hydrogen-bond donors (Lipinski definition) is 13. The summed E-state index contributed by atoms with van der Waals surface area (Å²) in [4.78, 5) is 127. The first kappa shape index (κ1) is 74.2. The number of amides is 8. The zero-order valence-corrected chi connectivity index (χ0v) is 56.0. The standard InChI is InChI=1S/C56H86N14O10S6/c1-27(2)40-51(79)58-29(5)46(74)63-38(24-36-18-16-15-17-19-36)49(77)68-43(44(72)39-25-69(12)26-70(39)13)50(78)57-21-23-86-35(11)42(52(80)65-40)67-47(75)31(7)60-54(82)33(9)62-53(81)32(8)59-45(73)30(6)61-55(83)37(20-22-85-14)64-56(84)41(28(3)4)66-48(76)34(10)71/h15-19,21,23,25,27-33,35,37-38,40-44,72H,20,22,24,26H2,1-14H3,(H,57,78)(H,58,79)(H,59,73)(H,60,82)(H,61,83)(H,62,81)(H,63,74)(H,64,84)(H,65,80)(H,66,76)(H,67,75)(H,68,77). The van der Waals surface area contributed by atoms with E-state index in [1.54, 1.807) is 114 Å². The Morgan fingerprint density at radius 1 is 0.698 bits per heavy atom. The Kier molecular flexibility index (Phi) is 30.8. The molecule has 30 heteroatoms. The highest BCUT2D eigenvalue weighted by molar-refractivity contribution is 8.02. The van der Waals surface area contributed by atoms with Gasteiger partial charge in [-0.2, -0.15) is 11.8 Å². The Bertz CT molecular complexity index is 2710. The minimum atomic E-state index is -1.58. The minimum absolute atomic E-state index is 0.0185. The van der Waals surface area contributed by atoms with Gasteiger partial charge in [-0.15, -0.1) is 11.8 Å². The summed E-state index contributed by atoms with van der Waals surface area (Å²) in [6, 6.07) is -2.23. The van der Waals surface area contributed by atoms with Gasteiger partial charge >= 0.3 is 0 Å². The second-order valence-electron chi connectivity index (χ2n) is 21.9. The predicted octanol–water partition coefficient (Wildman–Crippen LogP) is 0.278. The van der Waals surface area contributed by atoms with Gasteiger partial charge in [0.25, 0.3) is 5.91 Å². The molecule has 13 unspecified atom stereocenters. The Morgan fingerprint density at radius 3 is 1.85 bits per heavy atom. The lowest BCUT2D eigenvalue weighted by Crippen LogP contribution is -2.62. The van der Waals surface area contributed by atoms with E-state index in [1.165, 1.54) is 32.4 Å². The van der Waals surface area contributed by atoms with Crippen LogP contribution in [0.1, 0.15) is 88.1 Å². The van der Waals surface area contributed by atoms with Crippen molar-refractivity contribution >= 4 is 145 Å². The first-order valence-electron chi connectivity index (χ1n) is 28.1. The Balaban J connectivity index is 1.78. The van der Waals surface area contributed by atoms with Crippen molar-refractivity contribution in [3.8, 4) is 0 Å². The largest absolute Gasteiger partial charge is 0.384 e. The third-order valence-corrected chi connectivity index (χ3v) is 17.1. The number of aliphatic hydroxyl groups excluding tert-OH is 1. The van der Waals surface area contributed by atoms with Gasteiger partial charge in [0.2, 0.25) is 47.1 Å². The summed E-state index contributed by atoms with van der Waals surface area (Å²) in [6.45, 7) is 18.2. The summed E-state index contributed by atoms with van der Waals surface area (Å²) in [7, 11) is 3.49. The molecule has 0 bridgehead atoms. The zero-order valence-electron chi connectivity index (χ0n) is 51.1. The molecule has 0 spiro atoms. The third kappa shape index (κ3) is 23.2. The van der Waals surface area contributed by atoms with Gasteiger partial charge in [-0.05, 0) is 75.9 Å². The Morgan fingerprint density at radius 2 is 1.28 bits per heavy atom. The number of ketones is 1. The fourth-order valence-electron chi connectivity index (χ4n) is 8.56. The van der Waals surface area contributed by atoms with Crippen LogP contribution in [0.15, 0.2) is 53.8 Å². The van der Waals surface area contributed by atoms with Crippen molar-refractivity contribution in [3.63, 3.8) is 0 Å². The molecule has 0 saturated heterocycles. The number of aliphatic hydroxyl groups is 1.